The number of hydrogen-bond acceptors (Lipinski definition) is 7. The van der Waals surface area contributed by atoms with E-state index >= 15 is 0 Å². The highest BCUT2D eigenvalue weighted by Crippen LogP contribution is 2.27. The zero-order valence-electron chi connectivity index (χ0n) is 15.9. The third kappa shape index (κ3) is 4.59. The van der Waals surface area contributed by atoms with Gasteiger partial charge in [0.2, 0.25) is 5.91 Å². The third-order valence-corrected chi connectivity index (χ3v) is 6.29. The van der Waals surface area contributed by atoms with Crippen molar-refractivity contribution < 1.29 is 9.59 Å². The summed E-state index contributed by atoms with van der Waals surface area (Å²) in [5.41, 5.74) is 0. The first-order valence-corrected chi connectivity index (χ1v) is 10.8. The van der Waals surface area contributed by atoms with Gasteiger partial charge >= 0.3 is 6.03 Å². The van der Waals surface area contributed by atoms with Crippen molar-refractivity contribution in [2.75, 3.05) is 37.6 Å². The average molecular weight is 403 g/mol. The number of rotatable bonds is 4. The molecule has 2 aromatic heterocycles. The van der Waals surface area contributed by atoms with Crippen LogP contribution in [0.2, 0.25) is 0 Å². The second-order valence-electron chi connectivity index (χ2n) is 7.46. The van der Waals surface area contributed by atoms with Crippen LogP contribution in [-0.2, 0) is 4.79 Å². The molecule has 28 heavy (non-hydrogen) atoms. The van der Waals surface area contributed by atoms with E-state index in [1.165, 1.54) is 6.42 Å². The first kappa shape index (κ1) is 19.1. The van der Waals surface area contributed by atoms with Crippen LogP contribution in [0.25, 0.3) is 10.2 Å². The SMILES string of the molecule is O=C(CN1CCN(c2ncnc3sccc23)CC1)NC(=O)NC1CCCCC1. The molecule has 4 rings (SSSR count). The number of aromatic nitrogens is 2. The highest BCUT2D eigenvalue weighted by atomic mass is 32.1. The number of imide groups is 1. The molecule has 3 amide bonds. The summed E-state index contributed by atoms with van der Waals surface area (Å²) in [6, 6.07) is 1.89. The number of hydrogen-bond donors (Lipinski definition) is 2. The molecule has 2 fully saturated rings. The van der Waals surface area contributed by atoms with Crippen LogP contribution in [0.15, 0.2) is 17.8 Å². The molecule has 0 radical (unpaired) electrons. The summed E-state index contributed by atoms with van der Waals surface area (Å²) in [5, 5.41) is 8.50. The molecule has 8 nitrogen and oxygen atoms in total. The van der Waals surface area contributed by atoms with Crippen molar-refractivity contribution in [1.82, 2.24) is 25.5 Å². The molecule has 0 bridgehead atoms. The van der Waals surface area contributed by atoms with Gasteiger partial charge < -0.3 is 10.2 Å². The van der Waals surface area contributed by atoms with Crippen molar-refractivity contribution in [3.63, 3.8) is 0 Å². The topological polar surface area (TPSA) is 90.5 Å². The van der Waals surface area contributed by atoms with Crippen LogP contribution in [0.4, 0.5) is 10.6 Å². The summed E-state index contributed by atoms with van der Waals surface area (Å²) >= 11 is 1.61. The molecule has 0 aromatic carbocycles. The fraction of sp³-hybridized carbons (Fsp3) is 0.579. The molecule has 2 aliphatic rings. The Labute approximate surface area is 168 Å². The Morgan fingerprint density at radius 3 is 2.68 bits per heavy atom. The summed E-state index contributed by atoms with van der Waals surface area (Å²) in [4.78, 5) is 38.3. The van der Waals surface area contributed by atoms with Gasteiger partial charge in [0.05, 0.1) is 11.9 Å². The monoisotopic (exact) mass is 402 g/mol. The standard InChI is InChI=1S/C19H26N6O2S/c26-16(23-19(27)22-14-4-2-1-3-5-14)12-24-7-9-25(10-8-24)17-15-6-11-28-18(15)21-13-20-17/h6,11,13-14H,1-5,7-10,12H2,(H2,22,23,26,27). The number of nitrogens with one attached hydrogen (secondary N) is 2. The number of amides is 3. The van der Waals surface area contributed by atoms with Gasteiger partial charge in [-0.3, -0.25) is 15.0 Å². The van der Waals surface area contributed by atoms with Crippen molar-refractivity contribution in [3.05, 3.63) is 17.8 Å². The van der Waals surface area contributed by atoms with Gasteiger partial charge in [0.1, 0.15) is 17.0 Å². The number of anilines is 1. The molecule has 9 heteroatoms. The van der Waals surface area contributed by atoms with Gasteiger partial charge in [-0.05, 0) is 24.3 Å². The summed E-state index contributed by atoms with van der Waals surface area (Å²) in [6.45, 7) is 3.34. The summed E-state index contributed by atoms with van der Waals surface area (Å²) in [5.74, 6) is 0.714. The highest BCUT2D eigenvalue weighted by molar-refractivity contribution is 7.16. The van der Waals surface area contributed by atoms with Crippen LogP contribution < -0.4 is 15.5 Å². The number of thiophene rings is 1. The van der Waals surface area contributed by atoms with Crippen LogP contribution in [-0.4, -0.2) is 65.6 Å². The molecule has 1 saturated heterocycles. The third-order valence-electron chi connectivity index (χ3n) is 5.47. The Kier molecular flexibility index (Phi) is 6.01. The first-order valence-electron chi connectivity index (χ1n) is 9.95. The lowest BCUT2D eigenvalue weighted by Crippen LogP contribution is -2.52. The zero-order chi connectivity index (χ0) is 19.3. The van der Waals surface area contributed by atoms with Gasteiger partial charge in [0.25, 0.3) is 0 Å². The minimum atomic E-state index is -0.364. The van der Waals surface area contributed by atoms with Gasteiger partial charge in [-0.2, -0.15) is 0 Å². The maximum absolute atomic E-state index is 12.2. The van der Waals surface area contributed by atoms with Crippen LogP contribution in [0.1, 0.15) is 32.1 Å². The Bertz CT molecular complexity index is 827. The van der Waals surface area contributed by atoms with E-state index in [-0.39, 0.29) is 24.5 Å². The van der Waals surface area contributed by atoms with Crippen molar-refractivity contribution in [2.24, 2.45) is 0 Å². The van der Waals surface area contributed by atoms with Crippen LogP contribution in [0.3, 0.4) is 0 Å². The fourth-order valence-electron chi connectivity index (χ4n) is 3.98. The molecule has 1 aliphatic heterocycles. The lowest BCUT2D eigenvalue weighted by atomic mass is 9.96. The van der Waals surface area contributed by atoms with E-state index in [0.717, 1.165) is 67.9 Å². The molecule has 1 saturated carbocycles. The van der Waals surface area contributed by atoms with Gasteiger partial charge in [0, 0.05) is 32.2 Å². The number of urea groups is 1. The highest BCUT2D eigenvalue weighted by Gasteiger charge is 2.23. The Balaban J connectivity index is 1.23. The molecule has 3 heterocycles. The van der Waals surface area contributed by atoms with Crippen molar-refractivity contribution in [3.8, 4) is 0 Å². The second kappa shape index (κ2) is 8.83. The Morgan fingerprint density at radius 2 is 1.89 bits per heavy atom. The Hall–Kier alpha value is -2.26. The molecule has 2 aromatic rings. The van der Waals surface area contributed by atoms with E-state index in [1.54, 1.807) is 17.7 Å². The van der Waals surface area contributed by atoms with Gasteiger partial charge in [-0.25, -0.2) is 14.8 Å². The normalized spacial score (nSPS) is 18.9. The average Bonchev–Trinajstić information content (AvgIpc) is 3.18. The minimum absolute atomic E-state index is 0.201. The summed E-state index contributed by atoms with van der Waals surface area (Å²) < 4.78 is 0. The molecule has 1 aliphatic carbocycles. The van der Waals surface area contributed by atoms with Gasteiger partial charge in [0.15, 0.2) is 0 Å². The van der Waals surface area contributed by atoms with Gasteiger partial charge in [-0.15, -0.1) is 11.3 Å². The number of carbonyl (C=O) groups excluding carboxylic acids is 2. The largest absolute Gasteiger partial charge is 0.353 e. The smallest absolute Gasteiger partial charge is 0.321 e. The van der Waals surface area contributed by atoms with E-state index in [1.807, 2.05) is 5.38 Å². The van der Waals surface area contributed by atoms with Gasteiger partial charge in [-0.1, -0.05) is 19.3 Å². The van der Waals surface area contributed by atoms with E-state index < -0.39 is 0 Å². The van der Waals surface area contributed by atoms with Crippen LogP contribution in [0.5, 0.6) is 0 Å². The van der Waals surface area contributed by atoms with E-state index in [2.05, 4.69) is 36.5 Å². The fourth-order valence-corrected chi connectivity index (χ4v) is 4.71. The van der Waals surface area contributed by atoms with Crippen molar-refractivity contribution >= 4 is 39.3 Å². The summed E-state index contributed by atoms with van der Waals surface area (Å²) in [6.07, 6.45) is 7.14. The van der Waals surface area contributed by atoms with E-state index in [9.17, 15) is 9.59 Å². The molecular weight excluding hydrogens is 376 g/mol. The van der Waals surface area contributed by atoms with Crippen LogP contribution >= 0.6 is 11.3 Å². The minimum Gasteiger partial charge on any atom is -0.353 e. The van der Waals surface area contributed by atoms with Crippen LogP contribution in [0, 0.1) is 0 Å². The predicted octanol–water partition coefficient (Wildman–Crippen LogP) is 1.97. The number of piperazine rings is 1. The second-order valence-corrected chi connectivity index (χ2v) is 8.35. The summed E-state index contributed by atoms with van der Waals surface area (Å²) in [7, 11) is 0. The maximum atomic E-state index is 12.2. The van der Waals surface area contributed by atoms with Crippen molar-refractivity contribution in [2.45, 2.75) is 38.1 Å². The maximum Gasteiger partial charge on any atom is 0.321 e. The molecule has 0 unspecified atom stereocenters. The lowest BCUT2D eigenvalue weighted by Gasteiger charge is -2.35. The molecule has 2 N–H and O–H groups in total. The van der Waals surface area contributed by atoms with Crippen molar-refractivity contribution in [1.29, 1.82) is 0 Å². The first-order chi connectivity index (χ1) is 13.7. The number of fused-ring (bicyclic) bond motifs is 1. The quantitative estimate of drug-likeness (QED) is 0.813. The van der Waals surface area contributed by atoms with E-state index in [0.29, 0.717) is 0 Å². The molecule has 0 spiro atoms. The molecule has 0 atom stereocenters. The van der Waals surface area contributed by atoms with E-state index in [4.69, 9.17) is 0 Å². The molecular formula is C19H26N6O2S. The Morgan fingerprint density at radius 1 is 1.11 bits per heavy atom. The zero-order valence-corrected chi connectivity index (χ0v) is 16.7. The molecule has 150 valence electrons. The number of nitrogens with zero attached hydrogens (tertiary/aromatic N) is 4. The predicted molar refractivity (Wildman–Crippen MR) is 110 cm³/mol. The number of carbonyl (C=O) groups is 2. The lowest BCUT2D eigenvalue weighted by molar-refractivity contribution is -0.121.